The van der Waals surface area contributed by atoms with Crippen LogP contribution in [-0.4, -0.2) is 28.3 Å². The predicted octanol–water partition coefficient (Wildman–Crippen LogP) is 2.95. The molecule has 0 radical (unpaired) electrons. The van der Waals surface area contributed by atoms with E-state index in [0.717, 1.165) is 18.2 Å². The lowest BCUT2D eigenvalue weighted by Gasteiger charge is -2.10. The topological polar surface area (TPSA) is 63.6 Å². The molecule has 0 aliphatic rings. The number of aromatic carboxylic acids is 1. The second-order valence-electron chi connectivity index (χ2n) is 3.37. The molecule has 98 valence electrons. The van der Waals surface area contributed by atoms with E-state index >= 15 is 0 Å². The fourth-order valence-electron chi connectivity index (χ4n) is 1.31. The molecule has 0 saturated heterocycles. The normalized spacial score (nSPS) is 12.3. The van der Waals surface area contributed by atoms with Crippen LogP contribution >= 0.6 is 15.9 Å². The van der Waals surface area contributed by atoms with Crippen LogP contribution in [0.5, 0.6) is 5.75 Å². The summed E-state index contributed by atoms with van der Waals surface area (Å²) in [6.07, 6.45) is 0. The summed E-state index contributed by atoms with van der Waals surface area (Å²) in [6, 6.07) is 3.18. The lowest BCUT2D eigenvalue weighted by molar-refractivity contribution is -0.0499. The van der Waals surface area contributed by atoms with Gasteiger partial charge in [-0.1, -0.05) is 15.9 Å². The van der Waals surface area contributed by atoms with E-state index in [1.54, 1.807) is 0 Å². The van der Waals surface area contributed by atoms with Crippen LogP contribution in [0.3, 0.4) is 0 Å². The van der Waals surface area contributed by atoms with Crippen molar-refractivity contribution in [2.75, 3.05) is 0 Å². The Bertz CT molecular complexity index is 474. The smallest absolute Gasteiger partial charge is 0.387 e. The first kappa shape index (κ1) is 14.6. The Hall–Kier alpha value is -1.50. The van der Waals surface area contributed by atoms with Gasteiger partial charge in [0.2, 0.25) is 0 Å². The fraction of sp³-hybridized carbons (Fsp3) is 0.273. The molecule has 1 aromatic carbocycles. The average Bonchev–Trinajstić information content (AvgIpc) is 2.26. The van der Waals surface area contributed by atoms with Crippen LogP contribution in [0.15, 0.2) is 18.2 Å². The summed E-state index contributed by atoms with van der Waals surface area (Å²) in [5, 5.41) is 8.94. The van der Waals surface area contributed by atoms with Gasteiger partial charge in [-0.3, -0.25) is 4.79 Å². The molecule has 0 heterocycles. The zero-order chi connectivity index (χ0) is 13.9. The third-order valence-corrected chi connectivity index (χ3v) is 2.49. The highest BCUT2D eigenvalue weighted by molar-refractivity contribution is 9.10. The number of hydrogen-bond donors (Lipinski definition) is 1. The first-order valence-corrected chi connectivity index (χ1v) is 5.75. The van der Waals surface area contributed by atoms with Gasteiger partial charge in [0.25, 0.3) is 0 Å². The number of hydrogen-bond acceptors (Lipinski definition) is 3. The van der Waals surface area contributed by atoms with E-state index in [1.807, 2.05) is 0 Å². The Morgan fingerprint density at radius 2 is 1.94 bits per heavy atom. The van der Waals surface area contributed by atoms with Crippen molar-refractivity contribution in [1.82, 2.24) is 0 Å². The van der Waals surface area contributed by atoms with Crippen LogP contribution in [0.1, 0.15) is 27.6 Å². The minimum Gasteiger partial charge on any atom is -0.478 e. The van der Waals surface area contributed by atoms with Gasteiger partial charge in [0, 0.05) is 5.56 Å². The van der Waals surface area contributed by atoms with Gasteiger partial charge in [0.1, 0.15) is 5.75 Å². The maximum Gasteiger partial charge on any atom is 0.387 e. The maximum absolute atomic E-state index is 12.0. The summed E-state index contributed by atoms with van der Waals surface area (Å²) in [5.74, 6) is -2.14. The number of Topliss-reactive ketones (excluding diaryl/α,β-unsaturated/α-hetero) is 1. The molecule has 4 nitrogen and oxygen atoms in total. The molecule has 0 saturated carbocycles. The second kappa shape index (κ2) is 5.90. The highest BCUT2D eigenvalue weighted by Crippen LogP contribution is 2.22. The van der Waals surface area contributed by atoms with Crippen molar-refractivity contribution in [2.24, 2.45) is 0 Å². The number of rotatable bonds is 5. The standard InChI is InChI=1S/C11H9BrF2O4/c1-5(12)9(15)7-3-2-6(18-11(13)14)4-8(7)10(16)17/h2-5,11H,1H3,(H,16,17). The number of ketones is 1. The predicted molar refractivity (Wildman–Crippen MR) is 62.8 cm³/mol. The molecular weight excluding hydrogens is 314 g/mol. The Labute approximate surface area is 110 Å². The van der Waals surface area contributed by atoms with E-state index in [1.165, 1.54) is 6.92 Å². The van der Waals surface area contributed by atoms with E-state index in [9.17, 15) is 18.4 Å². The van der Waals surface area contributed by atoms with Gasteiger partial charge in [-0.2, -0.15) is 8.78 Å². The first-order valence-electron chi connectivity index (χ1n) is 4.83. The molecule has 0 fully saturated rings. The lowest BCUT2D eigenvalue weighted by Crippen LogP contribution is -2.15. The van der Waals surface area contributed by atoms with Crippen molar-refractivity contribution < 1.29 is 28.2 Å². The summed E-state index contributed by atoms with van der Waals surface area (Å²) >= 11 is 3.02. The minimum atomic E-state index is -3.05. The van der Waals surface area contributed by atoms with Crippen molar-refractivity contribution in [3.8, 4) is 5.75 Å². The van der Waals surface area contributed by atoms with Gasteiger partial charge < -0.3 is 9.84 Å². The molecule has 1 N–H and O–H groups in total. The molecule has 1 rings (SSSR count). The fourth-order valence-corrected chi connectivity index (χ4v) is 1.55. The van der Waals surface area contributed by atoms with Gasteiger partial charge >= 0.3 is 12.6 Å². The number of halogens is 3. The van der Waals surface area contributed by atoms with E-state index in [4.69, 9.17) is 5.11 Å². The summed E-state index contributed by atoms with van der Waals surface area (Å²) < 4.78 is 28.1. The molecule has 7 heteroatoms. The quantitative estimate of drug-likeness (QED) is 0.668. The van der Waals surface area contributed by atoms with Crippen LogP contribution in [0.25, 0.3) is 0 Å². The van der Waals surface area contributed by atoms with Gasteiger partial charge in [-0.05, 0) is 25.1 Å². The van der Waals surface area contributed by atoms with Crippen molar-refractivity contribution in [3.63, 3.8) is 0 Å². The molecule has 0 aliphatic carbocycles. The highest BCUT2D eigenvalue weighted by atomic mass is 79.9. The van der Waals surface area contributed by atoms with Gasteiger partial charge in [-0.25, -0.2) is 4.79 Å². The van der Waals surface area contributed by atoms with Crippen LogP contribution in [0.4, 0.5) is 8.78 Å². The summed E-state index contributed by atoms with van der Waals surface area (Å²) in [5.41, 5.74) is -0.432. The zero-order valence-electron chi connectivity index (χ0n) is 9.19. The van der Waals surface area contributed by atoms with E-state index in [0.29, 0.717) is 0 Å². The molecule has 0 amide bonds. The van der Waals surface area contributed by atoms with Crippen LogP contribution < -0.4 is 4.74 Å². The average molecular weight is 323 g/mol. The molecule has 0 aromatic heterocycles. The minimum absolute atomic E-state index is 0.0616. The first-order chi connectivity index (χ1) is 8.32. The number of ether oxygens (including phenoxy) is 1. The Balaban J connectivity index is 3.21. The van der Waals surface area contributed by atoms with Crippen molar-refractivity contribution in [1.29, 1.82) is 0 Å². The van der Waals surface area contributed by atoms with Gasteiger partial charge in [-0.15, -0.1) is 0 Å². The zero-order valence-corrected chi connectivity index (χ0v) is 10.8. The lowest BCUT2D eigenvalue weighted by atomic mass is 10.0. The Morgan fingerprint density at radius 1 is 1.33 bits per heavy atom. The molecule has 1 atom stereocenters. The Morgan fingerprint density at radius 3 is 2.39 bits per heavy atom. The molecule has 0 spiro atoms. The van der Waals surface area contributed by atoms with E-state index in [-0.39, 0.29) is 16.9 Å². The third kappa shape index (κ3) is 3.49. The molecule has 0 bridgehead atoms. The van der Waals surface area contributed by atoms with E-state index in [2.05, 4.69) is 20.7 Å². The number of carbonyl (C=O) groups excluding carboxylic acids is 1. The summed E-state index contributed by atoms with van der Waals surface area (Å²) in [7, 11) is 0. The van der Waals surface area contributed by atoms with Crippen LogP contribution in [0.2, 0.25) is 0 Å². The van der Waals surface area contributed by atoms with Crippen molar-refractivity contribution in [2.45, 2.75) is 18.4 Å². The number of alkyl halides is 3. The SMILES string of the molecule is CC(Br)C(=O)c1ccc(OC(F)F)cc1C(=O)O. The van der Waals surface area contributed by atoms with E-state index < -0.39 is 23.2 Å². The van der Waals surface area contributed by atoms with Gasteiger partial charge in [0.05, 0.1) is 10.4 Å². The van der Waals surface area contributed by atoms with Crippen molar-refractivity contribution >= 4 is 27.7 Å². The van der Waals surface area contributed by atoms with Crippen LogP contribution in [0, 0.1) is 0 Å². The molecule has 18 heavy (non-hydrogen) atoms. The van der Waals surface area contributed by atoms with Crippen LogP contribution in [-0.2, 0) is 0 Å². The van der Waals surface area contributed by atoms with Crippen molar-refractivity contribution in [3.05, 3.63) is 29.3 Å². The second-order valence-corrected chi connectivity index (χ2v) is 4.74. The number of carboxylic acid groups (broad SMARTS) is 1. The highest BCUT2D eigenvalue weighted by Gasteiger charge is 2.21. The van der Waals surface area contributed by atoms with Gasteiger partial charge in [0.15, 0.2) is 5.78 Å². The maximum atomic E-state index is 12.0. The monoisotopic (exact) mass is 322 g/mol. The molecular formula is C11H9BrF2O4. The molecule has 1 aromatic rings. The number of carbonyl (C=O) groups is 2. The Kier molecular flexibility index (Phi) is 4.77. The summed E-state index contributed by atoms with van der Waals surface area (Å²) in [4.78, 5) is 22.1. The summed E-state index contributed by atoms with van der Waals surface area (Å²) in [6.45, 7) is -1.51. The number of carboxylic acids is 1. The molecule has 0 aliphatic heterocycles. The number of benzene rings is 1. The molecule has 1 unspecified atom stereocenters. The largest absolute Gasteiger partial charge is 0.478 e. The third-order valence-electron chi connectivity index (χ3n) is 2.07.